The molecule has 7 nitrogen and oxygen atoms in total. The van der Waals surface area contributed by atoms with E-state index < -0.39 is 0 Å². The summed E-state index contributed by atoms with van der Waals surface area (Å²) in [7, 11) is 0. The highest BCUT2D eigenvalue weighted by atomic mass is 16.5. The Kier molecular flexibility index (Phi) is 4.99. The molecule has 0 saturated heterocycles. The monoisotopic (exact) mass is 532 g/mol. The highest BCUT2D eigenvalue weighted by Crippen LogP contribution is 2.41. The minimum atomic E-state index is -0.194. The molecule has 0 saturated carbocycles. The van der Waals surface area contributed by atoms with Gasteiger partial charge in [-0.25, -0.2) is 4.98 Å². The van der Waals surface area contributed by atoms with E-state index in [1.165, 1.54) is 5.56 Å². The number of aromatic nitrogens is 4. The van der Waals surface area contributed by atoms with Gasteiger partial charge in [0, 0.05) is 23.3 Å². The van der Waals surface area contributed by atoms with Crippen molar-refractivity contribution >= 4 is 22.1 Å². The first kappa shape index (κ1) is 24.4. The molecule has 4 aromatic carbocycles. The largest absolute Gasteiger partial charge is 0.505 e. The Labute approximate surface area is 232 Å². The molecule has 3 aromatic heterocycles. The molecular formula is C33H32N4O3. The third-order valence-corrected chi connectivity index (χ3v) is 7.48. The van der Waals surface area contributed by atoms with Gasteiger partial charge in [-0.3, -0.25) is 0 Å². The van der Waals surface area contributed by atoms with E-state index in [0.717, 1.165) is 39.1 Å². The van der Waals surface area contributed by atoms with Crippen LogP contribution >= 0.6 is 0 Å². The summed E-state index contributed by atoms with van der Waals surface area (Å²) in [6.07, 6.45) is 0. The van der Waals surface area contributed by atoms with Crippen molar-refractivity contribution in [2.75, 3.05) is 0 Å². The van der Waals surface area contributed by atoms with Crippen molar-refractivity contribution in [3.05, 3.63) is 90.0 Å². The van der Waals surface area contributed by atoms with Gasteiger partial charge in [-0.1, -0.05) is 65.8 Å². The Morgan fingerprint density at radius 1 is 0.750 bits per heavy atom. The number of oxazole rings is 1. The van der Waals surface area contributed by atoms with Crippen LogP contribution in [0, 0.1) is 0 Å². The molecular weight excluding hydrogens is 500 g/mol. The average Bonchev–Trinajstić information content (AvgIpc) is 3.36. The van der Waals surface area contributed by atoms with Gasteiger partial charge < -0.3 is 14.3 Å². The lowest BCUT2D eigenvalue weighted by Gasteiger charge is -2.26. The molecule has 0 unspecified atom stereocenters. The molecule has 0 aliphatic rings. The predicted octanol–water partition coefficient (Wildman–Crippen LogP) is 8.32. The van der Waals surface area contributed by atoms with E-state index in [0.29, 0.717) is 23.0 Å². The fourth-order valence-electron chi connectivity index (χ4n) is 5.18. The smallest absolute Gasteiger partial charge is 0.227 e. The Balaban J connectivity index is 1.23. The fourth-order valence-corrected chi connectivity index (χ4v) is 5.18. The van der Waals surface area contributed by atoms with Crippen molar-refractivity contribution in [3.63, 3.8) is 0 Å². The molecule has 7 aromatic rings. The Morgan fingerprint density at radius 2 is 1.45 bits per heavy atom. The molecule has 7 heteroatoms. The van der Waals surface area contributed by atoms with Crippen molar-refractivity contribution in [3.8, 4) is 34.4 Å². The Bertz CT molecular complexity index is 2010. The molecule has 1 N–H and O–H groups in total. The summed E-state index contributed by atoms with van der Waals surface area (Å²) in [5.41, 5.74) is 7.12. The maximum atomic E-state index is 11.3. The van der Waals surface area contributed by atoms with Crippen molar-refractivity contribution in [1.82, 2.24) is 19.0 Å². The van der Waals surface area contributed by atoms with Crippen LogP contribution in [0.3, 0.4) is 0 Å². The molecule has 0 spiro atoms. The van der Waals surface area contributed by atoms with Crippen LogP contribution in [0.5, 0.6) is 17.2 Å². The van der Waals surface area contributed by atoms with Gasteiger partial charge in [-0.2, -0.15) is 0 Å². The summed E-state index contributed by atoms with van der Waals surface area (Å²) < 4.78 is 16.3. The first-order valence-electron chi connectivity index (χ1n) is 13.5. The summed E-state index contributed by atoms with van der Waals surface area (Å²) in [5.74, 6) is 2.29. The summed E-state index contributed by atoms with van der Waals surface area (Å²) in [4.78, 5) is 6.62. The second-order valence-electron chi connectivity index (χ2n) is 12.5. The summed E-state index contributed by atoms with van der Waals surface area (Å²) >= 11 is 0. The van der Waals surface area contributed by atoms with Gasteiger partial charge in [-0.15, -0.1) is 14.1 Å². The fraction of sp³-hybridized carbons (Fsp3) is 0.242. The lowest BCUT2D eigenvalue weighted by Crippen LogP contribution is -2.17. The van der Waals surface area contributed by atoms with Crippen LogP contribution in [0.2, 0.25) is 0 Å². The van der Waals surface area contributed by atoms with E-state index in [-0.39, 0.29) is 10.8 Å². The zero-order valence-electron chi connectivity index (χ0n) is 23.6. The number of rotatable bonds is 4. The Hall–Kier alpha value is -4.65. The van der Waals surface area contributed by atoms with Crippen LogP contribution in [0.4, 0.5) is 0 Å². The number of ether oxygens (including phenoxy) is 1. The number of benzene rings is 4. The van der Waals surface area contributed by atoms with Gasteiger partial charge in [0.2, 0.25) is 5.89 Å². The van der Waals surface area contributed by atoms with Crippen molar-refractivity contribution < 1.29 is 14.3 Å². The highest BCUT2D eigenvalue weighted by molar-refractivity contribution is 5.82. The molecule has 7 rings (SSSR count). The zero-order valence-corrected chi connectivity index (χ0v) is 23.6. The van der Waals surface area contributed by atoms with Crippen LogP contribution in [0.25, 0.3) is 39.3 Å². The average molecular weight is 533 g/mol. The minimum Gasteiger partial charge on any atom is -0.505 e. The molecule has 0 radical (unpaired) electrons. The lowest BCUT2D eigenvalue weighted by molar-refractivity contribution is 0.441. The second kappa shape index (κ2) is 8.18. The second-order valence-corrected chi connectivity index (χ2v) is 12.5. The number of fused-ring (bicyclic) bond motifs is 5. The molecule has 3 heterocycles. The number of phenols is 1. The van der Waals surface area contributed by atoms with E-state index >= 15 is 0 Å². The van der Waals surface area contributed by atoms with Gasteiger partial charge in [0.05, 0.1) is 0 Å². The molecule has 40 heavy (non-hydrogen) atoms. The molecule has 0 fully saturated rings. The van der Waals surface area contributed by atoms with Crippen molar-refractivity contribution in [2.24, 2.45) is 0 Å². The Morgan fingerprint density at radius 3 is 2.17 bits per heavy atom. The first-order chi connectivity index (χ1) is 19.0. The lowest BCUT2D eigenvalue weighted by atomic mass is 9.80. The van der Waals surface area contributed by atoms with Crippen LogP contribution < -0.4 is 4.74 Å². The van der Waals surface area contributed by atoms with Gasteiger partial charge in [0.1, 0.15) is 39.5 Å². The number of hydrogen-bond acceptors (Lipinski definition) is 4. The third-order valence-electron chi connectivity index (χ3n) is 7.48. The SMILES string of the molecule is CC(C)(C)c1cc(-n2n3c4ccc(Oc5ccc6nc(-c7ccccc7)oc6c5)cc4n23)c(O)c(C(C)(C)C)c1. The van der Waals surface area contributed by atoms with Crippen molar-refractivity contribution in [2.45, 2.75) is 52.4 Å². The van der Waals surface area contributed by atoms with Crippen LogP contribution in [0.15, 0.2) is 83.3 Å². The van der Waals surface area contributed by atoms with Gasteiger partial charge >= 0.3 is 0 Å². The summed E-state index contributed by atoms with van der Waals surface area (Å²) in [6.45, 7) is 13.0. The third kappa shape index (κ3) is 3.84. The number of hydrogen-bond donors (Lipinski definition) is 1. The quantitative estimate of drug-likeness (QED) is 0.247. The van der Waals surface area contributed by atoms with Gasteiger partial charge in [0.15, 0.2) is 5.58 Å². The molecule has 202 valence electrons. The number of aromatic hydroxyl groups is 1. The van der Waals surface area contributed by atoms with E-state index in [1.54, 1.807) is 0 Å². The molecule has 0 aliphatic carbocycles. The predicted molar refractivity (Wildman–Crippen MR) is 157 cm³/mol. The molecule has 0 atom stereocenters. The first-order valence-corrected chi connectivity index (χ1v) is 13.5. The van der Waals surface area contributed by atoms with E-state index in [1.807, 2.05) is 76.2 Å². The van der Waals surface area contributed by atoms with Gasteiger partial charge in [-0.05, 0) is 58.9 Å². The molecule has 0 bridgehead atoms. The van der Waals surface area contributed by atoms with E-state index in [4.69, 9.17) is 9.15 Å². The summed E-state index contributed by atoms with van der Waals surface area (Å²) in [5, 5.41) is 11.3. The minimum absolute atomic E-state index is 0.0531. The number of nitrogens with zero attached hydrogens (tertiary/aromatic N) is 4. The maximum absolute atomic E-state index is 11.3. The maximum Gasteiger partial charge on any atom is 0.227 e. The van der Waals surface area contributed by atoms with E-state index in [2.05, 4.69) is 63.3 Å². The standard InChI is InChI=1S/C33H32N4O3/c1-32(2,3)21-16-24(33(4,5)6)30(38)28(17-21)37-35-26-15-13-22(18-27(26)36(35)37)39-23-12-14-25-29(19-23)40-31(34-25)20-10-8-7-9-11-20/h7-19,38H,1-6H3. The van der Waals surface area contributed by atoms with Crippen LogP contribution in [-0.4, -0.2) is 24.1 Å². The number of phenolic OH excluding ortho intramolecular Hbond substituents is 1. The zero-order chi connectivity index (χ0) is 28.0. The van der Waals surface area contributed by atoms with E-state index in [9.17, 15) is 5.11 Å². The molecule has 0 aliphatic heterocycles. The highest BCUT2D eigenvalue weighted by Gasteiger charge is 2.31. The summed E-state index contributed by atoms with van der Waals surface area (Å²) in [6, 6.07) is 25.8. The molecule has 0 amide bonds. The van der Waals surface area contributed by atoms with Crippen LogP contribution in [-0.2, 0) is 10.8 Å². The topological polar surface area (TPSA) is 69.2 Å². The van der Waals surface area contributed by atoms with Crippen molar-refractivity contribution in [1.29, 1.82) is 0 Å². The normalized spacial score (nSPS) is 12.8. The van der Waals surface area contributed by atoms with Crippen LogP contribution in [0.1, 0.15) is 52.7 Å². The van der Waals surface area contributed by atoms with Gasteiger partial charge in [0.25, 0.3) is 0 Å².